The Labute approximate surface area is 117 Å². The van der Waals surface area contributed by atoms with Crippen LogP contribution in [0.2, 0.25) is 0 Å². The van der Waals surface area contributed by atoms with Crippen LogP contribution in [0.4, 0.5) is 11.5 Å². The molecule has 1 saturated heterocycles. The fourth-order valence-electron chi connectivity index (χ4n) is 2.59. The van der Waals surface area contributed by atoms with Crippen molar-refractivity contribution in [1.29, 1.82) is 0 Å². The molecule has 2 rings (SSSR count). The first-order valence-electron chi connectivity index (χ1n) is 7.85. The smallest absolute Gasteiger partial charge is 0.128 e. The van der Waals surface area contributed by atoms with E-state index in [4.69, 9.17) is 0 Å². The molecule has 1 aromatic rings. The minimum Gasteiger partial charge on any atom is -0.384 e. The molecule has 106 valence electrons. The van der Waals surface area contributed by atoms with Crippen molar-refractivity contribution in [2.75, 3.05) is 29.9 Å². The van der Waals surface area contributed by atoms with E-state index in [2.05, 4.69) is 34.3 Å². The molecule has 0 amide bonds. The molecule has 1 aliphatic rings. The van der Waals surface area contributed by atoms with Gasteiger partial charge in [-0.3, -0.25) is 0 Å². The summed E-state index contributed by atoms with van der Waals surface area (Å²) in [4.78, 5) is 6.92. The molecule has 0 saturated carbocycles. The molecule has 0 aliphatic carbocycles. The van der Waals surface area contributed by atoms with Crippen LogP contribution in [-0.4, -0.2) is 24.6 Å². The summed E-state index contributed by atoms with van der Waals surface area (Å²) in [6, 6.07) is 4.30. The fraction of sp³-hybridized carbons (Fsp3) is 0.688. The summed E-state index contributed by atoms with van der Waals surface area (Å²) in [6.07, 6.45) is 11.2. The predicted molar refractivity (Wildman–Crippen MR) is 82.9 cm³/mol. The lowest BCUT2D eigenvalue weighted by molar-refractivity contribution is 0.645. The standard InChI is InChI=1S/C16H27N3/c1-2-3-4-5-6-11-17-15-9-10-16(18-14-15)19-12-7-8-13-19/h9-10,14,17H,2-8,11-13H2,1H3. The molecule has 1 aromatic heterocycles. The summed E-state index contributed by atoms with van der Waals surface area (Å²) in [6.45, 7) is 5.65. The zero-order valence-electron chi connectivity index (χ0n) is 12.2. The zero-order chi connectivity index (χ0) is 13.3. The lowest BCUT2D eigenvalue weighted by atomic mass is 10.1. The number of hydrogen-bond acceptors (Lipinski definition) is 3. The van der Waals surface area contributed by atoms with Crippen LogP contribution < -0.4 is 10.2 Å². The minimum atomic E-state index is 1.06. The van der Waals surface area contributed by atoms with Gasteiger partial charge in [-0.1, -0.05) is 32.6 Å². The average Bonchev–Trinajstić information content (AvgIpc) is 2.97. The van der Waals surface area contributed by atoms with Gasteiger partial charge in [0, 0.05) is 19.6 Å². The maximum atomic E-state index is 4.55. The van der Waals surface area contributed by atoms with Crippen LogP contribution in [0.25, 0.3) is 0 Å². The van der Waals surface area contributed by atoms with Gasteiger partial charge in [-0.15, -0.1) is 0 Å². The van der Waals surface area contributed by atoms with Gasteiger partial charge >= 0.3 is 0 Å². The van der Waals surface area contributed by atoms with Crippen LogP contribution in [0.1, 0.15) is 51.9 Å². The monoisotopic (exact) mass is 261 g/mol. The van der Waals surface area contributed by atoms with Crippen molar-refractivity contribution in [3.63, 3.8) is 0 Å². The number of anilines is 2. The van der Waals surface area contributed by atoms with Crippen molar-refractivity contribution in [3.05, 3.63) is 18.3 Å². The molecule has 2 heterocycles. The van der Waals surface area contributed by atoms with E-state index in [1.54, 1.807) is 0 Å². The van der Waals surface area contributed by atoms with Crippen LogP contribution in [0.5, 0.6) is 0 Å². The lowest BCUT2D eigenvalue weighted by Crippen LogP contribution is -2.18. The number of pyridine rings is 1. The van der Waals surface area contributed by atoms with Gasteiger partial charge < -0.3 is 10.2 Å². The van der Waals surface area contributed by atoms with E-state index >= 15 is 0 Å². The number of hydrogen-bond donors (Lipinski definition) is 1. The summed E-state index contributed by atoms with van der Waals surface area (Å²) in [5.41, 5.74) is 1.15. The zero-order valence-corrected chi connectivity index (χ0v) is 12.2. The number of unbranched alkanes of at least 4 members (excludes halogenated alkanes) is 4. The molecule has 3 heteroatoms. The summed E-state index contributed by atoms with van der Waals surface area (Å²) < 4.78 is 0. The summed E-state index contributed by atoms with van der Waals surface area (Å²) in [5, 5.41) is 3.46. The van der Waals surface area contributed by atoms with E-state index < -0.39 is 0 Å². The normalized spacial score (nSPS) is 14.9. The Morgan fingerprint density at radius 2 is 1.89 bits per heavy atom. The molecule has 0 spiro atoms. The second kappa shape index (κ2) is 8.03. The van der Waals surface area contributed by atoms with Crippen LogP contribution in [-0.2, 0) is 0 Å². The Bertz CT molecular complexity index is 342. The van der Waals surface area contributed by atoms with Gasteiger partial charge in [0.15, 0.2) is 0 Å². The fourth-order valence-corrected chi connectivity index (χ4v) is 2.59. The van der Waals surface area contributed by atoms with Crippen LogP contribution in [0.15, 0.2) is 18.3 Å². The van der Waals surface area contributed by atoms with Gasteiger partial charge in [0.05, 0.1) is 11.9 Å². The predicted octanol–water partition coefficient (Wildman–Crippen LogP) is 4.06. The molecule has 1 aliphatic heterocycles. The van der Waals surface area contributed by atoms with Gasteiger partial charge in [-0.2, -0.15) is 0 Å². The number of nitrogens with zero attached hydrogens (tertiary/aromatic N) is 2. The summed E-state index contributed by atoms with van der Waals surface area (Å²) in [5.74, 6) is 1.13. The van der Waals surface area contributed by atoms with Gasteiger partial charge in [-0.25, -0.2) is 4.98 Å². The highest BCUT2D eigenvalue weighted by Gasteiger charge is 2.12. The van der Waals surface area contributed by atoms with Crippen molar-refractivity contribution in [1.82, 2.24) is 4.98 Å². The third kappa shape index (κ3) is 4.73. The second-order valence-electron chi connectivity index (χ2n) is 5.44. The molecule has 3 nitrogen and oxygen atoms in total. The lowest BCUT2D eigenvalue weighted by Gasteiger charge is -2.16. The van der Waals surface area contributed by atoms with Crippen molar-refractivity contribution >= 4 is 11.5 Å². The van der Waals surface area contributed by atoms with E-state index in [1.807, 2.05) is 6.20 Å². The Kier molecular flexibility index (Phi) is 5.99. The Hall–Kier alpha value is -1.25. The van der Waals surface area contributed by atoms with Gasteiger partial charge in [-0.05, 0) is 31.4 Å². The quantitative estimate of drug-likeness (QED) is 0.715. The molecule has 19 heavy (non-hydrogen) atoms. The van der Waals surface area contributed by atoms with Gasteiger partial charge in [0.25, 0.3) is 0 Å². The average molecular weight is 261 g/mol. The molecular formula is C16H27N3. The van der Waals surface area contributed by atoms with E-state index in [1.165, 1.54) is 44.9 Å². The Morgan fingerprint density at radius 1 is 1.11 bits per heavy atom. The van der Waals surface area contributed by atoms with Crippen LogP contribution in [0.3, 0.4) is 0 Å². The van der Waals surface area contributed by atoms with E-state index in [0.29, 0.717) is 0 Å². The highest BCUT2D eigenvalue weighted by molar-refractivity contribution is 5.48. The molecule has 0 atom stereocenters. The third-order valence-electron chi connectivity index (χ3n) is 3.79. The molecule has 0 unspecified atom stereocenters. The van der Waals surface area contributed by atoms with Crippen molar-refractivity contribution < 1.29 is 0 Å². The number of aromatic nitrogens is 1. The third-order valence-corrected chi connectivity index (χ3v) is 3.79. The molecule has 1 fully saturated rings. The summed E-state index contributed by atoms with van der Waals surface area (Å²) in [7, 11) is 0. The Morgan fingerprint density at radius 3 is 2.58 bits per heavy atom. The van der Waals surface area contributed by atoms with E-state index in [0.717, 1.165) is 31.1 Å². The van der Waals surface area contributed by atoms with E-state index in [-0.39, 0.29) is 0 Å². The number of nitrogens with one attached hydrogen (secondary N) is 1. The molecular weight excluding hydrogens is 234 g/mol. The molecule has 0 radical (unpaired) electrons. The largest absolute Gasteiger partial charge is 0.384 e. The van der Waals surface area contributed by atoms with E-state index in [9.17, 15) is 0 Å². The first-order valence-corrected chi connectivity index (χ1v) is 7.85. The minimum absolute atomic E-state index is 1.06. The highest BCUT2D eigenvalue weighted by Crippen LogP contribution is 2.19. The number of rotatable bonds is 8. The molecule has 0 aromatic carbocycles. The second-order valence-corrected chi connectivity index (χ2v) is 5.44. The topological polar surface area (TPSA) is 28.2 Å². The van der Waals surface area contributed by atoms with Crippen LogP contribution in [0, 0.1) is 0 Å². The van der Waals surface area contributed by atoms with Crippen LogP contribution >= 0.6 is 0 Å². The SMILES string of the molecule is CCCCCCCNc1ccc(N2CCCC2)nc1. The highest BCUT2D eigenvalue weighted by atomic mass is 15.2. The first-order chi connectivity index (χ1) is 9.40. The first kappa shape index (κ1) is 14.2. The maximum absolute atomic E-state index is 4.55. The maximum Gasteiger partial charge on any atom is 0.128 e. The van der Waals surface area contributed by atoms with Crippen molar-refractivity contribution in [3.8, 4) is 0 Å². The molecule has 0 bridgehead atoms. The summed E-state index contributed by atoms with van der Waals surface area (Å²) >= 11 is 0. The van der Waals surface area contributed by atoms with Gasteiger partial charge in [0.2, 0.25) is 0 Å². The van der Waals surface area contributed by atoms with Crippen molar-refractivity contribution in [2.45, 2.75) is 51.9 Å². The Balaban J connectivity index is 1.67. The van der Waals surface area contributed by atoms with Gasteiger partial charge in [0.1, 0.15) is 5.82 Å². The van der Waals surface area contributed by atoms with Crippen molar-refractivity contribution in [2.24, 2.45) is 0 Å². The molecule has 1 N–H and O–H groups in total.